The minimum absolute atomic E-state index is 0.00171. The van der Waals surface area contributed by atoms with Gasteiger partial charge in [-0.3, -0.25) is 0 Å². The van der Waals surface area contributed by atoms with Crippen LogP contribution in [0.5, 0.6) is 11.5 Å². The predicted molar refractivity (Wildman–Crippen MR) is 54.0 cm³/mol. The number of para-hydroxylation sites is 1. The zero-order chi connectivity index (χ0) is 10.6. The van der Waals surface area contributed by atoms with E-state index in [1.54, 1.807) is 12.1 Å². The normalized spacial score (nSPS) is 28.8. The highest BCUT2D eigenvalue weighted by molar-refractivity contribution is 5.51. The molecule has 3 nitrogen and oxygen atoms in total. The maximum Gasteiger partial charge on any atom is 0.162 e. The van der Waals surface area contributed by atoms with Crippen LogP contribution in [0.15, 0.2) is 18.2 Å². The lowest BCUT2D eigenvalue weighted by atomic mass is 9.96. The summed E-state index contributed by atoms with van der Waals surface area (Å²) in [5.74, 6) is -0.185. The fourth-order valence-electron chi connectivity index (χ4n) is 2.00. The molecule has 1 aliphatic rings. The number of rotatable bonds is 1. The molecule has 4 N–H and O–H groups in total. The fraction of sp³-hybridized carbons (Fsp3) is 0.455. The number of phenols is 2. The molecular weight excluding hydrogens is 178 g/mol. The molecule has 1 aliphatic carbocycles. The Bertz CT molecular complexity index is 387. The summed E-state index contributed by atoms with van der Waals surface area (Å²) in [4.78, 5) is 0. The van der Waals surface area contributed by atoms with E-state index in [1.807, 2.05) is 0 Å². The number of aromatic hydroxyl groups is 2. The van der Waals surface area contributed by atoms with Gasteiger partial charge in [-0.15, -0.1) is 0 Å². The first-order valence-corrected chi connectivity index (χ1v) is 4.69. The van der Waals surface area contributed by atoms with Gasteiger partial charge in [-0.05, 0) is 17.9 Å². The molecule has 1 saturated carbocycles. The first-order chi connectivity index (χ1) is 6.38. The highest BCUT2D eigenvalue weighted by Crippen LogP contribution is 2.62. The maximum atomic E-state index is 9.68. The van der Waals surface area contributed by atoms with Crippen molar-refractivity contribution < 1.29 is 10.2 Å². The summed E-state index contributed by atoms with van der Waals surface area (Å²) in [6.45, 7) is 4.10. The third-order valence-electron chi connectivity index (χ3n) is 3.30. The third kappa shape index (κ3) is 1.02. The Morgan fingerprint density at radius 2 is 1.86 bits per heavy atom. The van der Waals surface area contributed by atoms with Crippen LogP contribution >= 0.6 is 0 Å². The molecule has 0 heterocycles. The summed E-state index contributed by atoms with van der Waals surface area (Å²) in [5.41, 5.74) is 6.29. The quantitative estimate of drug-likeness (QED) is 0.594. The molecule has 76 valence electrons. The highest BCUT2D eigenvalue weighted by atomic mass is 16.3. The maximum absolute atomic E-state index is 9.68. The van der Waals surface area contributed by atoms with E-state index in [1.165, 1.54) is 6.07 Å². The molecule has 2 rings (SSSR count). The molecule has 0 radical (unpaired) electrons. The van der Waals surface area contributed by atoms with Crippen molar-refractivity contribution in [1.29, 1.82) is 0 Å². The highest BCUT2D eigenvalue weighted by Gasteiger charge is 2.60. The Balaban J connectivity index is 2.49. The summed E-state index contributed by atoms with van der Waals surface area (Å²) in [6.07, 6.45) is 0.830. The third-order valence-corrected chi connectivity index (χ3v) is 3.30. The van der Waals surface area contributed by atoms with Crippen molar-refractivity contribution in [3.63, 3.8) is 0 Å². The van der Waals surface area contributed by atoms with Crippen molar-refractivity contribution in [1.82, 2.24) is 0 Å². The van der Waals surface area contributed by atoms with E-state index < -0.39 is 5.54 Å². The zero-order valence-corrected chi connectivity index (χ0v) is 8.41. The molecular formula is C11H15NO2. The molecule has 1 fully saturated rings. The molecule has 1 aromatic carbocycles. The second-order valence-electron chi connectivity index (χ2n) is 4.71. The van der Waals surface area contributed by atoms with Crippen molar-refractivity contribution in [3.8, 4) is 11.5 Å². The largest absolute Gasteiger partial charge is 0.504 e. The molecule has 0 saturated heterocycles. The first kappa shape index (κ1) is 9.34. The van der Waals surface area contributed by atoms with Crippen LogP contribution in [-0.4, -0.2) is 10.2 Å². The summed E-state index contributed by atoms with van der Waals surface area (Å²) < 4.78 is 0. The van der Waals surface area contributed by atoms with Gasteiger partial charge in [-0.25, -0.2) is 0 Å². The van der Waals surface area contributed by atoms with Crippen LogP contribution in [0.25, 0.3) is 0 Å². The van der Waals surface area contributed by atoms with Gasteiger partial charge in [-0.1, -0.05) is 26.0 Å². The molecule has 3 heteroatoms. The monoisotopic (exact) mass is 193 g/mol. The van der Waals surface area contributed by atoms with Crippen molar-refractivity contribution in [2.45, 2.75) is 25.8 Å². The Morgan fingerprint density at radius 1 is 1.29 bits per heavy atom. The van der Waals surface area contributed by atoms with Crippen LogP contribution in [0, 0.1) is 5.41 Å². The lowest BCUT2D eigenvalue weighted by molar-refractivity contribution is 0.388. The molecule has 1 atom stereocenters. The minimum atomic E-state index is -0.490. The smallest absolute Gasteiger partial charge is 0.162 e. The molecule has 0 spiro atoms. The number of hydrogen-bond donors (Lipinski definition) is 3. The number of hydrogen-bond acceptors (Lipinski definition) is 3. The topological polar surface area (TPSA) is 66.5 Å². The standard InChI is InChI=1S/C11H15NO2/c1-10(2)6-11(10,12)7-4-3-5-8(13)9(7)14/h3-5,13-14H,6,12H2,1-2H3. The lowest BCUT2D eigenvalue weighted by Crippen LogP contribution is -2.25. The molecule has 0 amide bonds. The fourth-order valence-corrected chi connectivity index (χ4v) is 2.00. The van der Waals surface area contributed by atoms with E-state index in [0.717, 1.165) is 6.42 Å². The summed E-state index contributed by atoms with van der Waals surface area (Å²) in [7, 11) is 0. The van der Waals surface area contributed by atoms with E-state index in [-0.39, 0.29) is 16.9 Å². The molecule has 0 aromatic heterocycles. The van der Waals surface area contributed by atoms with Crippen LogP contribution in [0.1, 0.15) is 25.8 Å². The lowest BCUT2D eigenvalue weighted by Gasteiger charge is -2.17. The van der Waals surface area contributed by atoms with Gasteiger partial charge in [0.2, 0.25) is 0 Å². The summed E-state index contributed by atoms with van der Waals surface area (Å²) >= 11 is 0. The van der Waals surface area contributed by atoms with E-state index >= 15 is 0 Å². The van der Waals surface area contributed by atoms with Crippen molar-refractivity contribution in [3.05, 3.63) is 23.8 Å². The molecule has 1 aromatic rings. The summed E-state index contributed by atoms with van der Waals surface area (Å²) in [5, 5.41) is 19.0. The van der Waals surface area contributed by atoms with Gasteiger partial charge in [0.1, 0.15) is 0 Å². The van der Waals surface area contributed by atoms with Gasteiger partial charge in [0.05, 0.1) is 5.54 Å². The van der Waals surface area contributed by atoms with Gasteiger partial charge in [0.15, 0.2) is 11.5 Å². The SMILES string of the molecule is CC1(C)CC1(N)c1cccc(O)c1O. The van der Waals surface area contributed by atoms with E-state index in [9.17, 15) is 10.2 Å². The Kier molecular flexibility index (Phi) is 1.61. The summed E-state index contributed by atoms with van der Waals surface area (Å²) in [6, 6.07) is 4.93. The minimum Gasteiger partial charge on any atom is -0.504 e. The second kappa shape index (κ2) is 2.42. The Morgan fingerprint density at radius 3 is 2.36 bits per heavy atom. The van der Waals surface area contributed by atoms with Crippen LogP contribution in [-0.2, 0) is 5.54 Å². The number of phenolic OH excluding ortho intramolecular Hbond substituents is 2. The van der Waals surface area contributed by atoms with Crippen molar-refractivity contribution >= 4 is 0 Å². The van der Waals surface area contributed by atoms with Crippen molar-refractivity contribution in [2.24, 2.45) is 11.1 Å². The van der Waals surface area contributed by atoms with Gasteiger partial charge in [0.25, 0.3) is 0 Å². The molecule has 0 aliphatic heterocycles. The Hall–Kier alpha value is -1.22. The van der Waals surface area contributed by atoms with Gasteiger partial charge < -0.3 is 15.9 Å². The second-order valence-corrected chi connectivity index (χ2v) is 4.71. The van der Waals surface area contributed by atoms with E-state index in [2.05, 4.69) is 13.8 Å². The number of nitrogens with two attached hydrogens (primary N) is 1. The van der Waals surface area contributed by atoms with Crippen LogP contribution < -0.4 is 5.73 Å². The van der Waals surface area contributed by atoms with E-state index in [4.69, 9.17) is 5.73 Å². The zero-order valence-electron chi connectivity index (χ0n) is 8.41. The van der Waals surface area contributed by atoms with Crippen LogP contribution in [0.4, 0.5) is 0 Å². The predicted octanol–water partition coefficient (Wildman–Crippen LogP) is 1.68. The van der Waals surface area contributed by atoms with Crippen LogP contribution in [0.2, 0.25) is 0 Å². The van der Waals surface area contributed by atoms with Gasteiger partial charge in [-0.2, -0.15) is 0 Å². The number of benzene rings is 1. The molecule has 14 heavy (non-hydrogen) atoms. The molecule has 1 unspecified atom stereocenters. The van der Waals surface area contributed by atoms with Gasteiger partial charge >= 0.3 is 0 Å². The average Bonchev–Trinajstić information content (AvgIpc) is 2.58. The van der Waals surface area contributed by atoms with Crippen molar-refractivity contribution in [2.75, 3.05) is 0 Å². The molecule has 0 bridgehead atoms. The first-order valence-electron chi connectivity index (χ1n) is 4.69. The Labute approximate surface area is 83.2 Å². The van der Waals surface area contributed by atoms with Gasteiger partial charge in [0, 0.05) is 5.56 Å². The average molecular weight is 193 g/mol. The van der Waals surface area contributed by atoms with Crippen LogP contribution in [0.3, 0.4) is 0 Å². The van der Waals surface area contributed by atoms with E-state index in [0.29, 0.717) is 5.56 Å².